The third-order valence-electron chi connectivity index (χ3n) is 3.48. The molecular weight excluding hydrogens is 212 g/mol. The third-order valence-corrected chi connectivity index (χ3v) is 3.48. The maximum Gasteiger partial charge on any atom is 0.0777 e. The monoisotopic (exact) mass is 240 g/mol. The van der Waals surface area contributed by atoms with Crippen LogP contribution in [0.1, 0.15) is 33.1 Å². The van der Waals surface area contributed by atoms with Crippen LogP contribution in [0.5, 0.6) is 0 Å². The van der Waals surface area contributed by atoms with E-state index in [1.807, 2.05) is 7.11 Å². The molecule has 0 radical (unpaired) electrons. The van der Waals surface area contributed by atoms with Gasteiger partial charge in [-0.3, -0.25) is 4.90 Å². The summed E-state index contributed by atoms with van der Waals surface area (Å²) in [6.45, 7) is 13.7. The molecule has 0 bridgehead atoms. The Morgan fingerprint density at radius 3 is 2.94 bits per heavy atom. The Hall–Kier alpha value is -0.380. The highest BCUT2D eigenvalue weighted by Gasteiger charge is 2.30. The lowest BCUT2D eigenvalue weighted by molar-refractivity contribution is -0.0484. The van der Waals surface area contributed by atoms with Gasteiger partial charge in [0, 0.05) is 26.7 Å². The lowest BCUT2D eigenvalue weighted by Gasteiger charge is -2.39. The zero-order valence-corrected chi connectivity index (χ0v) is 11.7. The molecule has 0 aliphatic carbocycles. The average molecular weight is 240 g/mol. The van der Waals surface area contributed by atoms with Crippen LogP contribution in [0.3, 0.4) is 0 Å². The van der Waals surface area contributed by atoms with E-state index in [1.54, 1.807) is 0 Å². The van der Waals surface area contributed by atoms with Crippen molar-refractivity contribution in [2.24, 2.45) is 0 Å². The Bertz CT molecular complexity index is 242. The molecule has 1 fully saturated rings. The lowest BCUT2D eigenvalue weighted by atomic mass is 9.94. The third kappa shape index (κ3) is 5.19. The average Bonchev–Trinajstić information content (AvgIpc) is 2.29. The summed E-state index contributed by atoms with van der Waals surface area (Å²) < 4.78 is 5.60. The molecule has 1 aliphatic heterocycles. The van der Waals surface area contributed by atoms with Crippen molar-refractivity contribution in [1.29, 1.82) is 0 Å². The normalized spacial score (nSPS) is 26.1. The number of ether oxygens (including phenoxy) is 1. The first-order valence-corrected chi connectivity index (χ1v) is 6.74. The Kier molecular flexibility index (Phi) is 6.17. The van der Waals surface area contributed by atoms with Gasteiger partial charge in [0.15, 0.2) is 0 Å². The van der Waals surface area contributed by atoms with Gasteiger partial charge in [-0.25, -0.2) is 0 Å². The summed E-state index contributed by atoms with van der Waals surface area (Å²) in [5.41, 5.74) is 1.31. The zero-order chi connectivity index (χ0) is 12.7. The SMILES string of the molecule is C=C(CNCCC)CN1CCCC(C)(OC)C1. The molecule has 1 atom stereocenters. The van der Waals surface area contributed by atoms with Crippen molar-refractivity contribution >= 4 is 0 Å². The van der Waals surface area contributed by atoms with Gasteiger partial charge in [0.25, 0.3) is 0 Å². The number of hydrogen-bond acceptors (Lipinski definition) is 3. The molecule has 0 spiro atoms. The highest BCUT2D eigenvalue weighted by molar-refractivity contribution is 5.01. The van der Waals surface area contributed by atoms with Crippen molar-refractivity contribution < 1.29 is 4.74 Å². The molecule has 1 unspecified atom stereocenters. The smallest absolute Gasteiger partial charge is 0.0777 e. The second kappa shape index (κ2) is 7.14. The minimum atomic E-state index is 0.0371. The molecule has 0 aromatic heterocycles. The van der Waals surface area contributed by atoms with Gasteiger partial charge in [-0.05, 0) is 44.8 Å². The van der Waals surface area contributed by atoms with Gasteiger partial charge >= 0.3 is 0 Å². The molecule has 1 heterocycles. The Balaban J connectivity index is 2.28. The van der Waals surface area contributed by atoms with Crippen molar-refractivity contribution in [2.75, 3.05) is 39.8 Å². The van der Waals surface area contributed by atoms with Gasteiger partial charge in [0.1, 0.15) is 0 Å². The Labute approximate surface area is 106 Å². The number of likely N-dealkylation sites (tertiary alicyclic amines) is 1. The van der Waals surface area contributed by atoms with E-state index < -0.39 is 0 Å². The van der Waals surface area contributed by atoms with Crippen LogP contribution in [-0.4, -0.2) is 50.3 Å². The summed E-state index contributed by atoms with van der Waals surface area (Å²) in [5, 5.41) is 3.40. The molecule has 1 aliphatic rings. The van der Waals surface area contributed by atoms with Gasteiger partial charge in [-0.2, -0.15) is 0 Å². The van der Waals surface area contributed by atoms with Crippen LogP contribution in [0.4, 0.5) is 0 Å². The van der Waals surface area contributed by atoms with E-state index in [-0.39, 0.29) is 5.60 Å². The summed E-state index contributed by atoms with van der Waals surface area (Å²) in [5.74, 6) is 0. The summed E-state index contributed by atoms with van der Waals surface area (Å²) in [6.07, 6.45) is 3.57. The van der Waals surface area contributed by atoms with E-state index in [9.17, 15) is 0 Å². The predicted molar refractivity (Wildman–Crippen MR) is 73.4 cm³/mol. The van der Waals surface area contributed by atoms with Crippen molar-refractivity contribution in [3.05, 3.63) is 12.2 Å². The topological polar surface area (TPSA) is 24.5 Å². The van der Waals surface area contributed by atoms with Crippen LogP contribution in [0.2, 0.25) is 0 Å². The fourth-order valence-corrected chi connectivity index (χ4v) is 2.42. The number of rotatable bonds is 7. The Morgan fingerprint density at radius 1 is 1.53 bits per heavy atom. The molecule has 100 valence electrons. The second-order valence-corrected chi connectivity index (χ2v) is 5.40. The largest absolute Gasteiger partial charge is 0.377 e. The predicted octanol–water partition coefficient (Wildman–Crippen LogP) is 2.04. The standard InChI is InChI=1S/C14H28N2O/c1-5-8-15-10-13(2)11-16-9-6-7-14(3,12-16)17-4/h15H,2,5-12H2,1,3-4H3. The van der Waals surface area contributed by atoms with Crippen LogP contribution < -0.4 is 5.32 Å². The Morgan fingerprint density at radius 2 is 2.29 bits per heavy atom. The number of methoxy groups -OCH3 is 1. The molecular formula is C14H28N2O. The fourth-order valence-electron chi connectivity index (χ4n) is 2.42. The number of nitrogens with one attached hydrogen (secondary N) is 1. The number of nitrogens with zero attached hydrogens (tertiary/aromatic N) is 1. The number of hydrogen-bond donors (Lipinski definition) is 1. The quantitative estimate of drug-likeness (QED) is 0.544. The van der Waals surface area contributed by atoms with E-state index in [2.05, 4.69) is 30.6 Å². The molecule has 1 rings (SSSR count). The molecule has 0 saturated carbocycles. The summed E-state index contributed by atoms with van der Waals surface area (Å²) >= 11 is 0. The van der Waals surface area contributed by atoms with Crippen molar-refractivity contribution in [3.8, 4) is 0 Å². The fraction of sp³-hybridized carbons (Fsp3) is 0.857. The van der Waals surface area contributed by atoms with Crippen molar-refractivity contribution in [3.63, 3.8) is 0 Å². The van der Waals surface area contributed by atoms with E-state index in [1.165, 1.54) is 31.4 Å². The summed E-state index contributed by atoms with van der Waals surface area (Å²) in [4.78, 5) is 2.46. The van der Waals surface area contributed by atoms with Crippen LogP contribution in [-0.2, 0) is 4.74 Å². The van der Waals surface area contributed by atoms with Crippen molar-refractivity contribution in [1.82, 2.24) is 10.2 Å². The zero-order valence-electron chi connectivity index (χ0n) is 11.7. The minimum Gasteiger partial charge on any atom is -0.377 e. The van der Waals surface area contributed by atoms with E-state index >= 15 is 0 Å². The van der Waals surface area contributed by atoms with Gasteiger partial charge in [-0.1, -0.05) is 13.5 Å². The summed E-state index contributed by atoms with van der Waals surface area (Å²) in [7, 11) is 1.82. The van der Waals surface area contributed by atoms with E-state index in [0.29, 0.717) is 0 Å². The van der Waals surface area contributed by atoms with Gasteiger partial charge < -0.3 is 10.1 Å². The van der Waals surface area contributed by atoms with Crippen LogP contribution >= 0.6 is 0 Å². The maximum absolute atomic E-state index is 5.60. The lowest BCUT2D eigenvalue weighted by Crippen LogP contribution is -2.48. The van der Waals surface area contributed by atoms with E-state index in [0.717, 1.165) is 26.2 Å². The molecule has 3 nitrogen and oxygen atoms in total. The molecule has 17 heavy (non-hydrogen) atoms. The van der Waals surface area contributed by atoms with Crippen LogP contribution in [0.15, 0.2) is 12.2 Å². The van der Waals surface area contributed by atoms with Crippen LogP contribution in [0, 0.1) is 0 Å². The first-order chi connectivity index (χ1) is 8.09. The number of piperidine rings is 1. The minimum absolute atomic E-state index is 0.0371. The highest BCUT2D eigenvalue weighted by Crippen LogP contribution is 2.23. The summed E-state index contributed by atoms with van der Waals surface area (Å²) in [6, 6.07) is 0. The van der Waals surface area contributed by atoms with Gasteiger partial charge in [0.05, 0.1) is 5.60 Å². The second-order valence-electron chi connectivity index (χ2n) is 5.40. The van der Waals surface area contributed by atoms with E-state index in [4.69, 9.17) is 4.74 Å². The molecule has 0 amide bonds. The van der Waals surface area contributed by atoms with Crippen molar-refractivity contribution in [2.45, 2.75) is 38.7 Å². The first-order valence-electron chi connectivity index (χ1n) is 6.74. The molecule has 0 aromatic rings. The van der Waals surface area contributed by atoms with Crippen LogP contribution in [0.25, 0.3) is 0 Å². The highest BCUT2D eigenvalue weighted by atomic mass is 16.5. The molecule has 1 N–H and O–H groups in total. The molecule has 0 aromatic carbocycles. The molecule has 1 saturated heterocycles. The van der Waals surface area contributed by atoms with Gasteiger partial charge in [0.2, 0.25) is 0 Å². The van der Waals surface area contributed by atoms with Gasteiger partial charge in [-0.15, -0.1) is 0 Å². The molecule has 3 heteroatoms. The first kappa shape index (κ1) is 14.7. The maximum atomic E-state index is 5.60.